The van der Waals surface area contributed by atoms with Crippen LogP contribution < -0.4 is 16.8 Å². The molecule has 1 heterocycles. The van der Waals surface area contributed by atoms with Crippen molar-refractivity contribution < 1.29 is 9.53 Å². The Morgan fingerprint density at radius 1 is 1.33 bits per heavy atom. The number of carbonyl (C=O) groups excluding carboxylic acids is 1. The lowest BCUT2D eigenvalue weighted by molar-refractivity contribution is 0.152. The van der Waals surface area contributed by atoms with Crippen LogP contribution in [0.15, 0.2) is 30.5 Å². The molecule has 0 saturated carbocycles. The molecule has 2 rings (SSSR count). The van der Waals surface area contributed by atoms with Crippen LogP contribution in [0.25, 0.3) is 10.9 Å². The summed E-state index contributed by atoms with van der Waals surface area (Å²) in [5, 5.41) is 4.58. The van der Waals surface area contributed by atoms with Gasteiger partial charge < -0.3 is 21.5 Å². The third-order valence-corrected chi connectivity index (χ3v) is 4.05. The summed E-state index contributed by atoms with van der Waals surface area (Å²) in [4.78, 5) is 15.1. The molecule has 0 radical (unpaired) electrons. The first-order valence-corrected chi connectivity index (χ1v) is 8.11. The van der Waals surface area contributed by atoms with Crippen molar-refractivity contribution in [2.24, 2.45) is 11.1 Å². The van der Waals surface area contributed by atoms with Gasteiger partial charge in [0.2, 0.25) is 0 Å². The van der Waals surface area contributed by atoms with Gasteiger partial charge >= 0.3 is 6.09 Å². The number of para-hydroxylation sites is 1. The van der Waals surface area contributed by atoms with Crippen molar-refractivity contribution in [3.63, 3.8) is 0 Å². The number of nitrogens with two attached hydrogens (primary N) is 2. The van der Waals surface area contributed by atoms with Gasteiger partial charge in [-0.2, -0.15) is 0 Å². The van der Waals surface area contributed by atoms with E-state index in [1.165, 1.54) is 0 Å². The molecule has 1 unspecified atom stereocenters. The number of benzene rings is 1. The molecule has 0 aliphatic heterocycles. The van der Waals surface area contributed by atoms with Gasteiger partial charge in [-0.1, -0.05) is 39.0 Å². The maximum absolute atomic E-state index is 10.7. The van der Waals surface area contributed by atoms with E-state index >= 15 is 0 Å². The van der Waals surface area contributed by atoms with Gasteiger partial charge in [0, 0.05) is 11.4 Å². The maximum atomic E-state index is 10.7. The van der Waals surface area contributed by atoms with Gasteiger partial charge in [-0.05, 0) is 24.3 Å². The van der Waals surface area contributed by atoms with Crippen LogP contribution in [0.2, 0.25) is 0 Å². The summed E-state index contributed by atoms with van der Waals surface area (Å²) in [7, 11) is 0. The van der Waals surface area contributed by atoms with E-state index in [0.29, 0.717) is 12.3 Å². The summed E-state index contributed by atoms with van der Waals surface area (Å²) in [6.07, 6.45) is 2.49. The van der Waals surface area contributed by atoms with Crippen molar-refractivity contribution in [1.29, 1.82) is 0 Å². The second kappa shape index (κ2) is 7.38. The topological polar surface area (TPSA) is 103 Å². The molecule has 1 aromatic carbocycles. The summed E-state index contributed by atoms with van der Waals surface area (Å²) < 4.78 is 4.83. The summed E-state index contributed by atoms with van der Waals surface area (Å²) in [6.45, 7) is 6.81. The molecule has 5 N–H and O–H groups in total. The summed E-state index contributed by atoms with van der Waals surface area (Å²) in [6, 6.07) is 8.06. The van der Waals surface area contributed by atoms with Crippen LogP contribution in [0.3, 0.4) is 0 Å². The minimum Gasteiger partial charge on any atom is -0.450 e. The van der Waals surface area contributed by atoms with Crippen molar-refractivity contribution in [1.82, 2.24) is 4.98 Å². The van der Waals surface area contributed by atoms with Crippen LogP contribution in [0.1, 0.15) is 33.6 Å². The maximum Gasteiger partial charge on any atom is 0.404 e. The van der Waals surface area contributed by atoms with Crippen molar-refractivity contribution >= 4 is 28.4 Å². The number of hydrogen-bond acceptors (Lipinski definition) is 5. The molecule has 1 aromatic heterocycles. The van der Waals surface area contributed by atoms with Crippen LogP contribution >= 0.6 is 0 Å². The average Bonchev–Trinajstić information content (AvgIpc) is 2.51. The zero-order chi connectivity index (χ0) is 17.7. The Balaban J connectivity index is 2.20. The van der Waals surface area contributed by atoms with Crippen LogP contribution in [-0.2, 0) is 4.74 Å². The molecule has 6 nitrogen and oxygen atoms in total. The van der Waals surface area contributed by atoms with Crippen LogP contribution in [0.4, 0.5) is 16.2 Å². The lowest BCUT2D eigenvalue weighted by Gasteiger charge is -2.33. The Labute approximate surface area is 142 Å². The van der Waals surface area contributed by atoms with Gasteiger partial charge in [0.15, 0.2) is 0 Å². The number of nitrogens with zero attached hydrogens (tertiary/aromatic N) is 1. The molecule has 0 aliphatic carbocycles. The number of hydrogen-bond donors (Lipinski definition) is 3. The van der Waals surface area contributed by atoms with Gasteiger partial charge in [-0.25, -0.2) is 4.79 Å². The molecule has 0 saturated heterocycles. The number of carbonyl (C=O) groups is 1. The van der Waals surface area contributed by atoms with E-state index in [-0.39, 0.29) is 11.5 Å². The Bertz CT molecular complexity index is 710. The third kappa shape index (κ3) is 4.50. The lowest BCUT2D eigenvalue weighted by atomic mass is 9.83. The Morgan fingerprint density at radius 3 is 2.71 bits per heavy atom. The van der Waals surface area contributed by atoms with Crippen LogP contribution in [0.5, 0.6) is 0 Å². The van der Waals surface area contributed by atoms with Crippen molar-refractivity contribution in [2.45, 2.75) is 39.7 Å². The normalized spacial score (nSPS) is 12.8. The van der Waals surface area contributed by atoms with E-state index in [9.17, 15) is 4.79 Å². The Hall–Kier alpha value is -2.50. The minimum atomic E-state index is -0.736. The number of pyridine rings is 1. The van der Waals surface area contributed by atoms with E-state index < -0.39 is 6.09 Å². The van der Waals surface area contributed by atoms with Gasteiger partial charge in [-0.3, -0.25) is 4.98 Å². The molecule has 0 aliphatic rings. The fourth-order valence-electron chi connectivity index (χ4n) is 2.67. The van der Waals surface area contributed by atoms with Gasteiger partial charge in [0.05, 0.1) is 29.7 Å². The average molecular weight is 330 g/mol. The molecule has 2 aromatic rings. The highest BCUT2D eigenvalue weighted by atomic mass is 16.5. The van der Waals surface area contributed by atoms with E-state index in [4.69, 9.17) is 16.2 Å². The summed E-state index contributed by atoms with van der Waals surface area (Å²) >= 11 is 0. The number of nitrogen functional groups attached to an aromatic ring is 1. The van der Waals surface area contributed by atoms with E-state index in [1.807, 2.05) is 24.3 Å². The number of fused-ring (bicyclic) bond motifs is 1. The van der Waals surface area contributed by atoms with Gasteiger partial charge in [0.25, 0.3) is 0 Å². The number of primary amides is 1. The first-order chi connectivity index (χ1) is 11.3. The molecular formula is C18H26N4O2. The third-order valence-electron chi connectivity index (χ3n) is 4.05. The molecule has 24 heavy (non-hydrogen) atoms. The van der Waals surface area contributed by atoms with E-state index in [1.54, 1.807) is 6.20 Å². The fraction of sp³-hybridized carbons (Fsp3) is 0.444. The number of amides is 1. The lowest BCUT2D eigenvalue weighted by Crippen LogP contribution is -2.34. The minimum absolute atomic E-state index is 0.00351. The molecule has 0 spiro atoms. The highest BCUT2D eigenvalue weighted by Crippen LogP contribution is 2.33. The second-order valence-electron chi connectivity index (χ2n) is 6.98. The van der Waals surface area contributed by atoms with Gasteiger partial charge in [0.1, 0.15) is 0 Å². The number of nitrogens with one attached hydrogen (secondary N) is 1. The van der Waals surface area contributed by atoms with Crippen molar-refractivity contribution in [2.75, 3.05) is 17.7 Å². The van der Waals surface area contributed by atoms with Gasteiger partial charge in [-0.15, -0.1) is 0 Å². The molecule has 0 fully saturated rings. The first kappa shape index (κ1) is 17.8. The molecule has 6 heteroatoms. The molecule has 1 atom stereocenters. The van der Waals surface area contributed by atoms with Crippen molar-refractivity contribution in [3.8, 4) is 0 Å². The van der Waals surface area contributed by atoms with Crippen LogP contribution in [0, 0.1) is 5.41 Å². The zero-order valence-electron chi connectivity index (χ0n) is 14.5. The number of ether oxygens (including phenoxy) is 1. The van der Waals surface area contributed by atoms with E-state index in [0.717, 1.165) is 29.4 Å². The van der Waals surface area contributed by atoms with Crippen LogP contribution in [-0.4, -0.2) is 23.7 Å². The number of rotatable bonds is 6. The quantitative estimate of drug-likeness (QED) is 0.703. The zero-order valence-corrected chi connectivity index (χ0v) is 14.5. The smallest absolute Gasteiger partial charge is 0.404 e. The predicted molar refractivity (Wildman–Crippen MR) is 97.8 cm³/mol. The fourth-order valence-corrected chi connectivity index (χ4v) is 2.67. The second-order valence-corrected chi connectivity index (χ2v) is 6.98. The highest BCUT2D eigenvalue weighted by Gasteiger charge is 2.25. The number of anilines is 2. The monoisotopic (exact) mass is 330 g/mol. The largest absolute Gasteiger partial charge is 0.450 e. The molecule has 0 bridgehead atoms. The molecule has 1 amide bonds. The Kier molecular flexibility index (Phi) is 5.49. The highest BCUT2D eigenvalue weighted by molar-refractivity contribution is 5.96. The summed E-state index contributed by atoms with van der Waals surface area (Å²) in [5.41, 5.74) is 13.6. The molecular weight excluding hydrogens is 304 g/mol. The number of aromatic nitrogens is 1. The van der Waals surface area contributed by atoms with E-state index in [2.05, 4.69) is 31.1 Å². The molecule has 130 valence electrons. The predicted octanol–water partition coefficient (Wildman–Crippen LogP) is 3.52. The standard InChI is InChI=1S/C18H26N4O2/c1-18(2,3)15(9-6-10-24-17(20)23)22-16-12-7-4-5-8-14(12)21-11-13(16)19/h4-5,7-8,11,15H,6,9-10,19H2,1-3H3,(H2,20,23)(H,21,22). The first-order valence-electron chi connectivity index (χ1n) is 8.11. The van der Waals surface area contributed by atoms with Crippen molar-refractivity contribution in [3.05, 3.63) is 30.5 Å². The SMILES string of the molecule is CC(C)(C)C(CCCOC(N)=O)Nc1c(N)cnc2ccccc12. The summed E-state index contributed by atoms with van der Waals surface area (Å²) in [5.74, 6) is 0. The Morgan fingerprint density at radius 2 is 2.04 bits per heavy atom.